The Balaban J connectivity index is 3.68. The third-order valence-corrected chi connectivity index (χ3v) is 1.98. The highest BCUT2D eigenvalue weighted by Gasteiger charge is 2.23. The average molecular weight is 219 g/mol. The third-order valence-electron chi connectivity index (χ3n) is 1.98. The summed E-state index contributed by atoms with van der Waals surface area (Å²) in [7, 11) is 0. The van der Waals surface area contributed by atoms with Crippen molar-refractivity contribution in [3.05, 3.63) is 0 Å². The summed E-state index contributed by atoms with van der Waals surface area (Å²) < 4.78 is 10.6. The molecule has 0 heterocycles. The molecule has 4 heteroatoms. The van der Waals surface area contributed by atoms with Gasteiger partial charge in [-0.2, -0.15) is 0 Å². The van der Waals surface area contributed by atoms with Crippen molar-refractivity contribution in [3.63, 3.8) is 0 Å². The van der Waals surface area contributed by atoms with Crippen molar-refractivity contribution in [2.75, 3.05) is 33.0 Å². The summed E-state index contributed by atoms with van der Waals surface area (Å²) in [6, 6.07) is 0.331. The number of aliphatic hydroxyl groups is 1. The van der Waals surface area contributed by atoms with E-state index in [2.05, 4.69) is 5.32 Å². The van der Waals surface area contributed by atoms with Crippen molar-refractivity contribution in [1.29, 1.82) is 0 Å². The van der Waals surface area contributed by atoms with Crippen LogP contribution in [-0.4, -0.2) is 49.7 Å². The van der Waals surface area contributed by atoms with Gasteiger partial charge in [-0.3, -0.25) is 0 Å². The van der Waals surface area contributed by atoms with Crippen LogP contribution in [0.15, 0.2) is 0 Å². The van der Waals surface area contributed by atoms with Gasteiger partial charge >= 0.3 is 0 Å². The number of rotatable bonds is 9. The molecule has 2 N–H and O–H groups in total. The second kappa shape index (κ2) is 8.05. The molecular formula is C11H25NO3. The zero-order valence-electron chi connectivity index (χ0n) is 10.4. The van der Waals surface area contributed by atoms with Crippen LogP contribution in [0.2, 0.25) is 0 Å². The second-order valence-electron chi connectivity index (χ2n) is 4.27. The molecule has 0 aliphatic heterocycles. The van der Waals surface area contributed by atoms with E-state index in [1.807, 2.05) is 27.7 Å². The Hall–Kier alpha value is -0.160. The van der Waals surface area contributed by atoms with Gasteiger partial charge in [-0.25, -0.2) is 0 Å². The highest BCUT2D eigenvalue weighted by molar-refractivity contribution is 4.83. The van der Waals surface area contributed by atoms with Crippen molar-refractivity contribution >= 4 is 0 Å². The third kappa shape index (κ3) is 7.73. The normalized spacial score (nSPS) is 15.6. The first-order chi connectivity index (χ1) is 7.04. The van der Waals surface area contributed by atoms with Crippen molar-refractivity contribution in [1.82, 2.24) is 5.32 Å². The highest BCUT2D eigenvalue weighted by atomic mass is 16.5. The number of ether oxygens (including phenoxy) is 2. The van der Waals surface area contributed by atoms with Crippen LogP contribution >= 0.6 is 0 Å². The number of hydrogen-bond acceptors (Lipinski definition) is 4. The van der Waals surface area contributed by atoms with Gasteiger partial charge in [0.1, 0.15) is 0 Å². The van der Waals surface area contributed by atoms with Crippen LogP contribution in [0.1, 0.15) is 27.7 Å². The summed E-state index contributed by atoms with van der Waals surface area (Å²) in [5, 5.41) is 12.5. The maximum absolute atomic E-state index is 9.26. The molecule has 0 rings (SSSR count). The van der Waals surface area contributed by atoms with Crippen LogP contribution in [0.3, 0.4) is 0 Å². The molecule has 4 nitrogen and oxygen atoms in total. The number of nitrogens with one attached hydrogen (secondary N) is 1. The zero-order chi connectivity index (χ0) is 11.7. The van der Waals surface area contributed by atoms with Crippen molar-refractivity contribution in [2.24, 2.45) is 0 Å². The molecular weight excluding hydrogens is 194 g/mol. The monoisotopic (exact) mass is 219 g/mol. The van der Waals surface area contributed by atoms with Gasteiger partial charge in [-0.05, 0) is 13.8 Å². The van der Waals surface area contributed by atoms with Crippen LogP contribution in [0.5, 0.6) is 0 Å². The summed E-state index contributed by atoms with van der Waals surface area (Å²) >= 11 is 0. The van der Waals surface area contributed by atoms with E-state index in [1.54, 1.807) is 0 Å². The van der Waals surface area contributed by atoms with Gasteiger partial charge in [-0.15, -0.1) is 0 Å². The predicted octanol–water partition coefficient (Wildman–Crippen LogP) is 0.788. The van der Waals surface area contributed by atoms with E-state index >= 15 is 0 Å². The summed E-state index contributed by atoms with van der Waals surface area (Å²) in [5.41, 5.74) is -0.361. The summed E-state index contributed by atoms with van der Waals surface area (Å²) in [6.45, 7) is 10.5. The molecule has 0 saturated carbocycles. The van der Waals surface area contributed by atoms with E-state index in [0.29, 0.717) is 32.5 Å². The molecule has 0 fully saturated rings. The van der Waals surface area contributed by atoms with E-state index in [-0.39, 0.29) is 12.1 Å². The summed E-state index contributed by atoms with van der Waals surface area (Å²) in [4.78, 5) is 0. The molecule has 0 spiro atoms. The SMILES string of the molecule is CCOCCOCC(C)(CO)NC(C)C. The minimum atomic E-state index is -0.361. The number of aliphatic hydroxyl groups excluding tert-OH is 1. The van der Waals surface area contributed by atoms with Gasteiger partial charge in [0.05, 0.1) is 32.0 Å². The molecule has 1 atom stereocenters. The maximum atomic E-state index is 9.26. The molecule has 0 aromatic carbocycles. The van der Waals surface area contributed by atoms with Crippen molar-refractivity contribution in [3.8, 4) is 0 Å². The van der Waals surface area contributed by atoms with E-state index in [0.717, 1.165) is 0 Å². The fourth-order valence-electron chi connectivity index (χ4n) is 1.39. The summed E-state index contributed by atoms with van der Waals surface area (Å²) in [5.74, 6) is 0. The van der Waals surface area contributed by atoms with Crippen LogP contribution in [0.4, 0.5) is 0 Å². The molecule has 92 valence electrons. The first kappa shape index (κ1) is 14.8. The first-order valence-electron chi connectivity index (χ1n) is 5.58. The lowest BCUT2D eigenvalue weighted by molar-refractivity contribution is 0.00853. The molecule has 15 heavy (non-hydrogen) atoms. The van der Waals surface area contributed by atoms with Crippen LogP contribution < -0.4 is 5.32 Å². The Bertz CT molecular complexity index is 153. The highest BCUT2D eigenvalue weighted by Crippen LogP contribution is 2.04. The topological polar surface area (TPSA) is 50.7 Å². The van der Waals surface area contributed by atoms with Crippen LogP contribution in [0.25, 0.3) is 0 Å². The summed E-state index contributed by atoms with van der Waals surface area (Å²) in [6.07, 6.45) is 0. The lowest BCUT2D eigenvalue weighted by Crippen LogP contribution is -2.52. The van der Waals surface area contributed by atoms with E-state index in [1.165, 1.54) is 0 Å². The Morgan fingerprint density at radius 1 is 1.27 bits per heavy atom. The second-order valence-corrected chi connectivity index (χ2v) is 4.27. The smallest absolute Gasteiger partial charge is 0.0701 e. The van der Waals surface area contributed by atoms with Gasteiger partial charge < -0.3 is 19.9 Å². The van der Waals surface area contributed by atoms with Crippen LogP contribution in [-0.2, 0) is 9.47 Å². The number of hydrogen-bond donors (Lipinski definition) is 2. The van der Waals surface area contributed by atoms with E-state index in [9.17, 15) is 5.11 Å². The Morgan fingerprint density at radius 3 is 2.33 bits per heavy atom. The Kier molecular flexibility index (Phi) is 7.96. The lowest BCUT2D eigenvalue weighted by Gasteiger charge is -2.30. The molecule has 0 aromatic rings. The zero-order valence-corrected chi connectivity index (χ0v) is 10.4. The lowest BCUT2D eigenvalue weighted by atomic mass is 10.0. The van der Waals surface area contributed by atoms with Gasteiger partial charge in [-0.1, -0.05) is 13.8 Å². The largest absolute Gasteiger partial charge is 0.394 e. The van der Waals surface area contributed by atoms with Gasteiger partial charge in [0.2, 0.25) is 0 Å². The average Bonchev–Trinajstić information content (AvgIpc) is 2.16. The van der Waals surface area contributed by atoms with Crippen molar-refractivity contribution in [2.45, 2.75) is 39.3 Å². The van der Waals surface area contributed by atoms with Crippen LogP contribution in [0, 0.1) is 0 Å². The van der Waals surface area contributed by atoms with Gasteiger partial charge in [0, 0.05) is 12.6 Å². The van der Waals surface area contributed by atoms with Gasteiger partial charge in [0.15, 0.2) is 0 Å². The molecule has 0 aliphatic rings. The van der Waals surface area contributed by atoms with Gasteiger partial charge in [0.25, 0.3) is 0 Å². The fourth-order valence-corrected chi connectivity index (χ4v) is 1.39. The van der Waals surface area contributed by atoms with Crippen molar-refractivity contribution < 1.29 is 14.6 Å². The molecule has 0 saturated heterocycles. The molecule has 0 amide bonds. The molecule has 0 aliphatic carbocycles. The molecule has 0 bridgehead atoms. The van der Waals surface area contributed by atoms with E-state index in [4.69, 9.17) is 9.47 Å². The predicted molar refractivity (Wildman–Crippen MR) is 61.1 cm³/mol. The Morgan fingerprint density at radius 2 is 1.87 bits per heavy atom. The minimum absolute atomic E-state index is 0.0693. The fraction of sp³-hybridized carbons (Fsp3) is 1.00. The quantitative estimate of drug-likeness (QED) is 0.563. The standard InChI is InChI=1S/C11H25NO3/c1-5-14-6-7-15-9-11(4,8-13)12-10(2)3/h10,12-13H,5-9H2,1-4H3. The molecule has 0 radical (unpaired) electrons. The Labute approximate surface area is 93.0 Å². The minimum Gasteiger partial charge on any atom is -0.394 e. The maximum Gasteiger partial charge on any atom is 0.0701 e. The molecule has 1 unspecified atom stereocenters. The first-order valence-corrected chi connectivity index (χ1v) is 5.58. The van der Waals surface area contributed by atoms with E-state index < -0.39 is 0 Å². The molecule has 0 aromatic heterocycles.